The Morgan fingerprint density at radius 3 is 2.81 bits per heavy atom. The fraction of sp³-hybridized carbons (Fsp3) is 0.786. The summed E-state index contributed by atoms with van der Waals surface area (Å²) in [5.41, 5.74) is 2.81. The largest absolute Gasteiger partial charge is 0.345 e. The van der Waals surface area contributed by atoms with Gasteiger partial charge in [-0.15, -0.1) is 0 Å². The van der Waals surface area contributed by atoms with Crippen molar-refractivity contribution < 1.29 is 0 Å². The van der Waals surface area contributed by atoms with Gasteiger partial charge in [-0.1, -0.05) is 20.3 Å². The van der Waals surface area contributed by atoms with Crippen molar-refractivity contribution >= 4 is 0 Å². The van der Waals surface area contributed by atoms with Gasteiger partial charge in [0.05, 0.1) is 5.69 Å². The van der Waals surface area contributed by atoms with E-state index in [0.29, 0.717) is 5.92 Å². The zero-order valence-corrected chi connectivity index (χ0v) is 10.4. The molecule has 2 nitrogen and oxygen atoms in total. The maximum atomic E-state index is 4.86. The molecule has 0 bridgehead atoms. The number of H-pyrrole nitrogens is 1. The van der Waals surface area contributed by atoms with Crippen LogP contribution in [0.2, 0.25) is 0 Å². The first-order valence-corrected chi connectivity index (χ1v) is 6.81. The fourth-order valence-electron chi connectivity index (χ4n) is 3.40. The van der Waals surface area contributed by atoms with Crippen LogP contribution in [0.25, 0.3) is 0 Å². The van der Waals surface area contributed by atoms with E-state index < -0.39 is 0 Å². The van der Waals surface area contributed by atoms with Gasteiger partial charge in [0.15, 0.2) is 0 Å². The number of hydrogen-bond donors (Lipinski definition) is 1. The van der Waals surface area contributed by atoms with Gasteiger partial charge in [-0.2, -0.15) is 0 Å². The molecule has 1 fully saturated rings. The normalized spacial score (nSPS) is 34.0. The lowest BCUT2D eigenvalue weighted by atomic mass is 9.92. The summed E-state index contributed by atoms with van der Waals surface area (Å²) in [7, 11) is 0. The van der Waals surface area contributed by atoms with Crippen molar-refractivity contribution in [2.24, 2.45) is 11.8 Å². The van der Waals surface area contributed by atoms with E-state index in [1.165, 1.54) is 55.7 Å². The Labute approximate surface area is 97.9 Å². The van der Waals surface area contributed by atoms with Crippen molar-refractivity contribution in [3.05, 3.63) is 17.2 Å². The molecule has 1 aromatic rings. The first-order chi connectivity index (χ1) is 7.74. The van der Waals surface area contributed by atoms with Gasteiger partial charge in [-0.05, 0) is 43.9 Å². The maximum absolute atomic E-state index is 4.86. The van der Waals surface area contributed by atoms with Crippen molar-refractivity contribution in [2.45, 2.75) is 58.3 Å². The summed E-state index contributed by atoms with van der Waals surface area (Å²) in [6, 6.07) is 0. The average Bonchev–Trinajstić information content (AvgIpc) is 2.82. The van der Waals surface area contributed by atoms with Gasteiger partial charge in [0.2, 0.25) is 0 Å². The van der Waals surface area contributed by atoms with Crippen LogP contribution in [0.5, 0.6) is 0 Å². The molecule has 2 heteroatoms. The molecule has 0 aliphatic heterocycles. The monoisotopic (exact) mass is 218 g/mol. The Balaban J connectivity index is 1.86. The topological polar surface area (TPSA) is 28.7 Å². The lowest BCUT2D eigenvalue weighted by Gasteiger charge is -2.16. The van der Waals surface area contributed by atoms with E-state index >= 15 is 0 Å². The molecule has 0 aromatic carbocycles. The van der Waals surface area contributed by atoms with Gasteiger partial charge in [0, 0.05) is 11.6 Å². The highest BCUT2D eigenvalue weighted by Gasteiger charge is 2.29. The maximum Gasteiger partial charge on any atom is 0.109 e. The summed E-state index contributed by atoms with van der Waals surface area (Å²) in [6.07, 6.45) is 7.82. The third kappa shape index (κ3) is 1.68. The van der Waals surface area contributed by atoms with Crippen LogP contribution in [0, 0.1) is 11.8 Å². The number of fused-ring (bicyclic) bond motifs is 1. The van der Waals surface area contributed by atoms with Gasteiger partial charge < -0.3 is 4.98 Å². The molecule has 3 rings (SSSR count). The van der Waals surface area contributed by atoms with Crippen molar-refractivity contribution in [3.63, 3.8) is 0 Å². The zero-order valence-electron chi connectivity index (χ0n) is 10.4. The molecular formula is C14H22N2. The first-order valence-electron chi connectivity index (χ1n) is 6.81. The van der Waals surface area contributed by atoms with E-state index in [2.05, 4.69) is 18.8 Å². The number of aryl methyl sites for hydroxylation is 1. The highest BCUT2D eigenvalue weighted by molar-refractivity contribution is 5.20. The van der Waals surface area contributed by atoms with Crippen molar-refractivity contribution in [1.82, 2.24) is 9.97 Å². The van der Waals surface area contributed by atoms with E-state index in [9.17, 15) is 0 Å². The molecule has 88 valence electrons. The van der Waals surface area contributed by atoms with Gasteiger partial charge in [0.25, 0.3) is 0 Å². The van der Waals surface area contributed by atoms with E-state index in [-0.39, 0.29) is 0 Å². The minimum Gasteiger partial charge on any atom is -0.345 e. The van der Waals surface area contributed by atoms with Crippen LogP contribution in [0.1, 0.15) is 62.7 Å². The van der Waals surface area contributed by atoms with E-state index in [1.54, 1.807) is 0 Å². The summed E-state index contributed by atoms with van der Waals surface area (Å²) in [5, 5.41) is 0. The Morgan fingerprint density at radius 2 is 2.06 bits per heavy atom. The number of aromatic amines is 1. The fourth-order valence-corrected chi connectivity index (χ4v) is 3.40. The molecular weight excluding hydrogens is 196 g/mol. The van der Waals surface area contributed by atoms with E-state index in [0.717, 1.165) is 11.8 Å². The number of rotatable bonds is 1. The van der Waals surface area contributed by atoms with E-state index in [1.807, 2.05) is 0 Å². The van der Waals surface area contributed by atoms with Crippen LogP contribution in [0.15, 0.2) is 0 Å². The zero-order chi connectivity index (χ0) is 11.1. The lowest BCUT2D eigenvalue weighted by Crippen LogP contribution is -2.10. The third-order valence-corrected chi connectivity index (χ3v) is 4.52. The van der Waals surface area contributed by atoms with Crippen molar-refractivity contribution in [1.29, 1.82) is 0 Å². The molecule has 2 aliphatic carbocycles. The molecule has 3 atom stereocenters. The molecule has 16 heavy (non-hydrogen) atoms. The molecule has 0 amide bonds. The van der Waals surface area contributed by atoms with Gasteiger partial charge in [-0.25, -0.2) is 4.98 Å². The highest BCUT2D eigenvalue weighted by atomic mass is 15.0. The summed E-state index contributed by atoms with van der Waals surface area (Å²) in [5.74, 6) is 3.66. The Bertz CT molecular complexity index is 380. The Hall–Kier alpha value is -0.790. The Morgan fingerprint density at radius 1 is 1.19 bits per heavy atom. The number of nitrogens with zero attached hydrogens (tertiary/aromatic N) is 1. The molecule has 2 aliphatic rings. The van der Waals surface area contributed by atoms with Crippen LogP contribution in [0.3, 0.4) is 0 Å². The van der Waals surface area contributed by atoms with Crippen LogP contribution >= 0.6 is 0 Å². The Kier molecular flexibility index (Phi) is 2.53. The number of imidazole rings is 1. The summed E-state index contributed by atoms with van der Waals surface area (Å²) in [4.78, 5) is 8.49. The highest BCUT2D eigenvalue weighted by Crippen LogP contribution is 2.38. The lowest BCUT2D eigenvalue weighted by molar-refractivity contribution is 0.491. The standard InChI is InChI=1S/C14H22N2/c1-9-6-7-12-13(8-9)16-14(15-12)11-5-3-4-10(11)2/h9-11H,3-8H2,1-2H3,(H,15,16). The van der Waals surface area contributed by atoms with Gasteiger partial charge in [0.1, 0.15) is 5.82 Å². The molecule has 1 heterocycles. The van der Waals surface area contributed by atoms with Crippen LogP contribution in [-0.4, -0.2) is 9.97 Å². The van der Waals surface area contributed by atoms with Crippen molar-refractivity contribution in [3.8, 4) is 0 Å². The van der Waals surface area contributed by atoms with Gasteiger partial charge >= 0.3 is 0 Å². The smallest absolute Gasteiger partial charge is 0.109 e. The quantitative estimate of drug-likeness (QED) is 0.768. The second-order valence-electron chi connectivity index (χ2n) is 5.91. The SMILES string of the molecule is CC1CCc2nc(C3CCCC3C)[nH]c2C1. The summed E-state index contributed by atoms with van der Waals surface area (Å²) >= 11 is 0. The number of aromatic nitrogens is 2. The molecule has 0 saturated heterocycles. The molecule has 1 N–H and O–H groups in total. The van der Waals surface area contributed by atoms with Gasteiger partial charge in [-0.3, -0.25) is 0 Å². The molecule has 3 unspecified atom stereocenters. The molecule has 1 saturated carbocycles. The number of nitrogens with one attached hydrogen (secondary N) is 1. The third-order valence-electron chi connectivity index (χ3n) is 4.52. The summed E-state index contributed by atoms with van der Waals surface area (Å²) in [6.45, 7) is 4.73. The second-order valence-corrected chi connectivity index (χ2v) is 5.91. The van der Waals surface area contributed by atoms with Crippen LogP contribution < -0.4 is 0 Å². The average molecular weight is 218 g/mol. The minimum absolute atomic E-state index is 0.709. The van der Waals surface area contributed by atoms with Crippen LogP contribution in [-0.2, 0) is 12.8 Å². The molecule has 0 spiro atoms. The first kappa shape index (κ1) is 10.4. The molecule has 0 radical (unpaired) electrons. The second kappa shape index (κ2) is 3.90. The van der Waals surface area contributed by atoms with Crippen molar-refractivity contribution in [2.75, 3.05) is 0 Å². The molecule has 1 aromatic heterocycles. The minimum atomic E-state index is 0.709. The summed E-state index contributed by atoms with van der Waals surface area (Å²) < 4.78 is 0. The number of hydrogen-bond acceptors (Lipinski definition) is 1. The predicted molar refractivity (Wildman–Crippen MR) is 65.5 cm³/mol. The predicted octanol–water partition coefficient (Wildman–Crippen LogP) is 3.44. The van der Waals surface area contributed by atoms with Crippen LogP contribution in [0.4, 0.5) is 0 Å². The van der Waals surface area contributed by atoms with E-state index in [4.69, 9.17) is 4.98 Å².